The van der Waals surface area contributed by atoms with Crippen molar-refractivity contribution in [2.45, 2.75) is 45.4 Å². The number of rotatable bonds is 7. The summed E-state index contributed by atoms with van der Waals surface area (Å²) in [6.07, 6.45) is 2.46. The molecule has 3 aromatic rings. The minimum Gasteiger partial charge on any atom is -0.489 e. The lowest BCUT2D eigenvalue weighted by atomic mass is 10.1. The molecule has 0 fully saturated rings. The molecule has 6 nitrogen and oxygen atoms in total. The van der Waals surface area contributed by atoms with Crippen molar-refractivity contribution in [2.24, 2.45) is 7.05 Å². The van der Waals surface area contributed by atoms with Crippen molar-refractivity contribution < 1.29 is 19.1 Å². The van der Waals surface area contributed by atoms with Gasteiger partial charge in [0.25, 0.3) is 0 Å². The Labute approximate surface area is 176 Å². The number of aryl methyl sites for hydroxylation is 1. The minimum atomic E-state index is -0.681. The van der Waals surface area contributed by atoms with E-state index in [4.69, 9.17) is 9.47 Å². The van der Waals surface area contributed by atoms with E-state index in [0.29, 0.717) is 13.0 Å². The van der Waals surface area contributed by atoms with Gasteiger partial charge in [0.1, 0.15) is 24.2 Å². The highest BCUT2D eigenvalue weighted by Crippen LogP contribution is 2.27. The van der Waals surface area contributed by atoms with Crippen LogP contribution in [-0.4, -0.2) is 28.6 Å². The normalized spacial score (nSPS) is 12.4. The molecule has 1 atom stereocenters. The Morgan fingerprint density at radius 1 is 1.17 bits per heavy atom. The monoisotopic (exact) mass is 408 g/mol. The number of fused-ring (bicyclic) bond motifs is 1. The van der Waals surface area contributed by atoms with Crippen LogP contribution in [0.3, 0.4) is 0 Å². The van der Waals surface area contributed by atoms with Gasteiger partial charge < -0.3 is 24.2 Å². The van der Waals surface area contributed by atoms with Crippen LogP contribution < -0.4 is 10.1 Å². The van der Waals surface area contributed by atoms with Gasteiger partial charge in [-0.3, -0.25) is 0 Å². The third kappa shape index (κ3) is 5.63. The fourth-order valence-electron chi connectivity index (χ4n) is 3.28. The lowest BCUT2D eigenvalue weighted by Gasteiger charge is -2.21. The quantitative estimate of drug-likeness (QED) is 0.589. The second-order valence-electron chi connectivity index (χ2n) is 8.31. The molecule has 2 aromatic carbocycles. The van der Waals surface area contributed by atoms with Gasteiger partial charge in [-0.25, -0.2) is 4.79 Å². The molecule has 1 heterocycles. The lowest BCUT2D eigenvalue weighted by molar-refractivity contribution is -0.109. The van der Waals surface area contributed by atoms with Crippen LogP contribution in [0.25, 0.3) is 10.9 Å². The molecule has 0 radical (unpaired) electrons. The maximum Gasteiger partial charge on any atom is 0.408 e. The highest BCUT2D eigenvalue weighted by Gasteiger charge is 2.20. The van der Waals surface area contributed by atoms with E-state index in [2.05, 4.69) is 5.32 Å². The summed E-state index contributed by atoms with van der Waals surface area (Å²) in [4.78, 5) is 23.6. The van der Waals surface area contributed by atoms with Crippen molar-refractivity contribution in [3.8, 4) is 5.75 Å². The molecule has 3 rings (SSSR count). The molecule has 0 aliphatic rings. The Morgan fingerprint density at radius 3 is 2.57 bits per heavy atom. The lowest BCUT2D eigenvalue weighted by Crippen LogP contribution is -2.41. The molecule has 6 heteroatoms. The van der Waals surface area contributed by atoms with Crippen LogP contribution in [0.1, 0.15) is 31.9 Å². The fourth-order valence-corrected chi connectivity index (χ4v) is 3.28. The first-order chi connectivity index (χ1) is 14.2. The number of carbonyl (C=O) groups excluding carboxylic acids is 2. The first-order valence-electron chi connectivity index (χ1n) is 9.94. The molecule has 0 bridgehead atoms. The number of aromatic nitrogens is 1. The van der Waals surface area contributed by atoms with Crippen molar-refractivity contribution >= 4 is 23.3 Å². The van der Waals surface area contributed by atoms with Crippen LogP contribution >= 0.6 is 0 Å². The second-order valence-corrected chi connectivity index (χ2v) is 8.31. The largest absolute Gasteiger partial charge is 0.489 e. The Balaban J connectivity index is 1.75. The number of amides is 1. The van der Waals surface area contributed by atoms with Crippen molar-refractivity contribution in [3.05, 3.63) is 65.9 Å². The van der Waals surface area contributed by atoms with E-state index >= 15 is 0 Å². The Hall–Kier alpha value is -3.28. The summed E-state index contributed by atoms with van der Waals surface area (Å²) in [6, 6.07) is 15.2. The third-order valence-corrected chi connectivity index (χ3v) is 4.60. The summed E-state index contributed by atoms with van der Waals surface area (Å²) in [5.74, 6) is 0.751. The van der Waals surface area contributed by atoms with E-state index < -0.39 is 17.7 Å². The summed E-state index contributed by atoms with van der Waals surface area (Å²) >= 11 is 0. The molecule has 0 saturated carbocycles. The molecule has 1 aromatic heterocycles. The Bertz CT molecular complexity index is 1020. The molecular formula is C24H28N2O4. The van der Waals surface area contributed by atoms with Gasteiger partial charge in [0.2, 0.25) is 0 Å². The predicted octanol–water partition coefficient (Wildman–Crippen LogP) is 4.39. The van der Waals surface area contributed by atoms with Crippen LogP contribution in [0.15, 0.2) is 54.7 Å². The van der Waals surface area contributed by atoms with Crippen molar-refractivity contribution in [1.82, 2.24) is 9.88 Å². The van der Waals surface area contributed by atoms with Crippen LogP contribution in [-0.2, 0) is 29.6 Å². The van der Waals surface area contributed by atoms with Crippen molar-refractivity contribution in [2.75, 3.05) is 0 Å². The number of benzene rings is 2. The zero-order chi connectivity index (χ0) is 21.7. The highest BCUT2D eigenvalue weighted by atomic mass is 16.6. The summed E-state index contributed by atoms with van der Waals surface area (Å²) in [6.45, 7) is 5.82. The van der Waals surface area contributed by atoms with Gasteiger partial charge in [0.15, 0.2) is 0 Å². The van der Waals surface area contributed by atoms with Crippen molar-refractivity contribution in [1.29, 1.82) is 0 Å². The van der Waals surface area contributed by atoms with E-state index in [-0.39, 0.29) is 0 Å². The number of hydrogen-bond acceptors (Lipinski definition) is 4. The van der Waals surface area contributed by atoms with Crippen LogP contribution in [0.5, 0.6) is 5.75 Å². The topological polar surface area (TPSA) is 69.6 Å². The number of alkyl carbamates (subject to hydrolysis) is 1. The summed E-state index contributed by atoms with van der Waals surface area (Å²) in [5, 5.41) is 3.62. The Morgan fingerprint density at radius 2 is 1.90 bits per heavy atom. The smallest absolute Gasteiger partial charge is 0.408 e. The van der Waals surface area contributed by atoms with Gasteiger partial charge in [-0.1, -0.05) is 30.3 Å². The van der Waals surface area contributed by atoms with E-state index in [1.807, 2.05) is 66.3 Å². The third-order valence-electron chi connectivity index (χ3n) is 4.60. The standard InChI is InChI=1S/C24H28N2O4/c1-24(2,3)30-23(28)25-19(15-27)12-18-14-26(4)22-11-10-20(13-21(18)22)29-16-17-8-6-5-7-9-17/h5-11,13-15,19H,12,16H2,1-4H3,(H,25,28). The summed E-state index contributed by atoms with van der Waals surface area (Å²) in [5.41, 5.74) is 2.44. The number of nitrogens with one attached hydrogen (secondary N) is 1. The number of nitrogens with zero attached hydrogens (tertiary/aromatic N) is 1. The van der Waals surface area contributed by atoms with E-state index in [0.717, 1.165) is 34.1 Å². The van der Waals surface area contributed by atoms with Crippen LogP contribution in [0.4, 0.5) is 4.79 Å². The maximum atomic E-state index is 12.0. The average molecular weight is 408 g/mol. The SMILES string of the molecule is Cn1cc(CC(C=O)NC(=O)OC(C)(C)C)c2cc(OCc3ccccc3)ccc21. The van der Waals surface area contributed by atoms with Gasteiger partial charge in [-0.15, -0.1) is 0 Å². The van der Waals surface area contributed by atoms with Crippen LogP contribution in [0.2, 0.25) is 0 Å². The zero-order valence-electron chi connectivity index (χ0n) is 17.8. The van der Waals surface area contributed by atoms with Gasteiger partial charge in [0, 0.05) is 30.6 Å². The van der Waals surface area contributed by atoms with Crippen LogP contribution in [0, 0.1) is 0 Å². The van der Waals surface area contributed by atoms with Gasteiger partial charge in [0.05, 0.1) is 6.04 Å². The first-order valence-corrected chi connectivity index (χ1v) is 9.94. The maximum absolute atomic E-state index is 12.0. The molecule has 0 aliphatic carbocycles. The molecule has 0 spiro atoms. The summed E-state index contributed by atoms with van der Waals surface area (Å²) in [7, 11) is 1.95. The van der Waals surface area contributed by atoms with Gasteiger partial charge in [-0.05, 0) is 50.1 Å². The fraction of sp³-hybridized carbons (Fsp3) is 0.333. The zero-order valence-corrected chi connectivity index (χ0v) is 17.8. The van der Waals surface area contributed by atoms with Gasteiger partial charge in [-0.2, -0.15) is 0 Å². The highest BCUT2D eigenvalue weighted by molar-refractivity contribution is 5.86. The molecule has 1 N–H and O–H groups in total. The van der Waals surface area contributed by atoms with Crippen molar-refractivity contribution in [3.63, 3.8) is 0 Å². The predicted molar refractivity (Wildman–Crippen MR) is 117 cm³/mol. The average Bonchev–Trinajstić information content (AvgIpc) is 3.00. The van der Waals surface area contributed by atoms with E-state index in [9.17, 15) is 9.59 Å². The molecule has 158 valence electrons. The molecule has 1 unspecified atom stereocenters. The Kier molecular flexibility index (Phi) is 6.45. The minimum absolute atomic E-state index is 0.363. The molecule has 0 saturated heterocycles. The molecule has 0 aliphatic heterocycles. The molecule has 1 amide bonds. The number of ether oxygens (including phenoxy) is 2. The van der Waals surface area contributed by atoms with E-state index in [1.54, 1.807) is 20.8 Å². The molecular weight excluding hydrogens is 380 g/mol. The number of carbonyl (C=O) groups is 2. The second kappa shape index (κ2) is 9.03. The number of aldehydes is 1. The molecule has 30 heavy (non-hydrogen) atoms. The van der Waals surface area contributed by atoms with Gasteiger partial charge >= 0.3 is 6.09 Å². The van der Waals surface area contributed by atoms with E-state index in [1.165, 1.54) is 0 Å². The number of hydrogen-bond donors (Lipinski definition) is 1. The first kappa shape index (κ1) is 21.4. The summed E-state index contributed by atoms with van der Waals surface area (Å²) < 4.78 is 13.2.